The van der Waals surface area contributed by atoms with Crippen LogP contribution in [0, 0.1) is 0 Å². The lowest BCUT2D eigenvalue weighted by atomic mass is 10.2. The minimum absolute atomic E-state index is 0.702. The van der Waals surface area contributed by atoms with Crippen LogP contribution >= 0.6 is 11.3 Å². The standard InChI is InChI=1S/C15H14N8OS/c1-2-16-20-12(1)23-14-11(8-18-23)10(15-21-17-9-25-15)7-13(19-14)22-3-5-24-6-4-22/h1-2,7-9H,3-6H2,(H,16,20). The lowest BCUT2D eigenvalue weighted by Gasteiger charge is -2.28. The van der Waals surface area contributed by atoms with Crippen LogP contribution in [0.4, 0.5) is 5.82 Å². The minimum atomic E-state index is 0.702. The maximum Gasteiger partial charge on any atom is 0.167 e. The molecule has 0 saturated carbocycles. The highest BCUT2D eigenvalue weighted by Gasteiger charge is 2.20. The Kier molecular flexibility index (Phi) is 3.42. The molecule has 5 heterocycles. The SMILES string of the molecule is c1cc(-n2ncc3c(-c4nncs4)cc(N4CCOCC4)nc32)[nH]n1. The number of H-pyrrole nitrogens is 1. The zero-order valence-electron chi connectivity index (χ0n) is 13.2. The molecule has 9 nitrogen and oxygen atoms in total. The van der Waals surface area contributed by atoms with Gasteiger partial charge in [0.25, 0.3) is 0 Å². The van der Waals surface area contributed by atoms with Crippen LogP contribution in [0.15, 0.2) is 30.0 Å². The summed E-state index contributed by atoms with van der Waals surface area (Å²) < 4.78 is 7.22. The normalized spacial score (nSPS) is 15.1. The minimum Gasteiger partial charge on any atom is -0.378 e. The number of morpholine rings is 1. The molecule has 0 bridgehead atoms. The number of aromatic nitrogens is 7. The van der Waals surface area contributed by atoms with Crippen LogP contribution in [0.5, 0.6) is 0 Å². The topological polar surface area (TPSA) is 97.6 Å². The number of rotatable bonds is 3. The fourth-order valence-corrected chi connectivity index (χ4v) is 3.54. The first-order chi connectivity index (χ1) is 12.4. The fourth-order valence-electron chi connectivity index (χ4n) is 2.95. The largest absolute Gasteiger partial charge is 0.378 e. The first-order valence-corrected chi connectivity index (χ1v) is 8.76. The van der Waals surface area contributed by atoms with Crippen molar-refractivity contribution >= 4 is 28.2 Å². The Morgan fingerprint density at radius 1 is 1.24 bits per heavy atom. The van der Waals surface area contributed by atoms with E-state index in [1.165, 1.54) is 11.3 Å². The molecule has 0 unspecified atom stereocenters. The van der Waals surface area contributed by atoms with Gasteiger partial charge in [0.1, 0.15) is 16.3 Å². The van der Waals surface area contributed by atoms with E-state index in [0.717, 1.165) is 46.3 Å². The van der Waals surface area contributed by atoms with Crippen molar-refractivity contribution in [1.82, 2.24) is 35.2 Å². The Morgan fingerprint density at radius 3 is 2.92 bits per heavy atom. The van der Waals surface area contributed by atoms with Crippen LogP contribution < -0.4 is 4.90 Å². The number of anilines is 1. The second kappa shape index (κ2) is 5.90. The number of hydrogen-bond acceptors (Lipinski definition) is 8. The number of ether oxygens (including phenoxy) is 1. The molecule has 4 aromatic heterocycles. The summed E-state index contributed by atoms with van der Waals surface area (Å²) in [6.45, 7) is 3.03. The molecule has 10 heteroatoms. The molecule has 0 atom stereocenters. The van der Waals surface area contributed by atoms with Crippen molar-refractivity contribution in [3.05, 3.63) is 30.0 Å². The molecular formula is C15H14N8OS. The number of pyridine rings is 1. The molecule has 0 spiro atoms. The summed E-state index contributed by atoms with van der Waals surface area (Å²) in [5, 5.41) is 21.4. The predicted octanol–water partition coefficient (Wildman–Crippen LogP) is 1.50. The van der Waals surface area contributed by atoms with Gasteiger partial charge in [-0.3, -0.25) is 5.10 Å². The third kappa shape index (κ3) is 2.46. The maximum absolute atomic E-state index is 5.46. The van der Waals surface area contributed by atoms with Crippen LogP contribution in [0.1, 0.15) is 0 Å². The van der Waals surface area contributed by atoms with Gasteiger partial charge < -0.3 is 9.64 Å². The molecule has 126 valence electrons. The predicted molar refractivity (Wildman–Crippen MR) is 92.9 cm³/mol. The zero-order valence-corrected chi connectivity index (χ0v) is 14.0. The maximum atomic E-state index is 5.46. The molecule has 0 amide bonds. The van der Waals surface area contributed by atoms with E-state index in [-0.39, 0.29) is 0 Å². The molecule has 0 radical (unpaired) electrons. The van der Waals surface area contributed by atoms with Gasteiger partial charge in [0.15, 0.2) is 11.5 Å². The monoisotopic (exact) mass is 354 g/mol. The van der Waals surface area contributed by atoms with E-state index >= 15 is 0 Å². The Hall–Kier alpha value is -2.85. The van der Waals surface area contributed by atoms with Crippen LogP contribution in [0.25, 0.3) is 27.4 Å². The second-order valence-corrected chi connectivity index (χ2v) is 6.44. The lowest BCUT2D eigenvalue weighted by Crippen LogP contribution is -2.36. The van der Waals surface area contributed by atoms with Gasteiger partial charge in [-0.15, -0.1) is 10.2 Å². The average Bonchev–Trinajstić information content (AvgIpc) is 3.41. The van der Waals surface area contributed by atoms with Crippen LogP contribution in [-0.2, 0) is 4.74 Å². The number of nitrogens with zero attached hydrogens (tertiary/aromatic N) is 7. The van der Waals surface area contributed by atoms with E-state index in [1.54, 1.807) is 16.4 Å². The molecule has 25 heavy (non-hydrogen) atoms. The van der Waals surface area contributed by atoms with Crippen molar-refractivity contribution in [3.63, 3.8) is 0 Å². The molecule has 4 aromatic rings. The quantitative estimate of drug-likeness (QED) is 0.595. The van der Waals surface area contributed by atoms with E-state index in [9.17, 15) is 0 Å². The molecule has 1 N–H and O–H groups in total. The van der Waals surface area contributed by atoms with Crippen LogP contribution in [0.2, 0.25) is 0 Å². The highest BCUT2D eigenvalue weighted by Crippen LogP contribution is 2.33. The summed E-state index contributed by atoms with van der Waals surface area (Å²) in [6, 6.07) is 3.92. The highest BCUT2D eigenvalue weighted by molar-refractivity contribution is 7.12. The number of aromatic amines is 1. The van der Waals surface area contributed by atoms with Gasteiger partial charge in [-0.2, -0.15) is 14.9 Å². The Labute approximate surface area is 146 Å². The lowest BCUT2D eigenvalue weighted by molar-refractivity contribution is 0.122. The summed E-state index contributed by atoms with van der Waals surface area (Å²) in [6.07, 6.45) is 3.50. The van der Waals surface area contributed by atoms with Crippen LogP contribution in [0.3, 0.4) is 0 Å². The molecule has 0 aliphatic carbocycles. The number of fused-ring (bicyclic) bond motifs is 1. The smallest absolute Gasteiger partial charge is 0.167 e. The Morgan fingerprint density at radius 2 is 2.16 bits per heavy atom. The summed E-state index contributed by atoms with van der Waals surface area (Å²) in [5.41, 5.74) is 3.48. The molecular weight excluding hydrogens is 340 g/mol. The van der Waals surface area contributed by atoms with Gasteiger partial charge in [0.2, 0.25) is 0 Å². The summed E-state index contributed by atoms with van der Waals surface area (Å²) in [7, 11) is 0. The van der Waals surface area contributed by atoms with Gasteiger partial charge in [0.05, 0.1) is 25.6 Å². The van der Waals surface area contributed by atoms with E-state index in [1.807, 2.05) is 12.3 Å². The molecule has 1 saturated heterocycles. The van der Waals surface area contributed by atoms with Crippen molar-refractivity contribution in [1.29, 1.82) is 0 Å². The first kappa shape index (κ1) is 14.5. The average molecular weight is 354 g/mol. The molecule has 0 aromatic carbocycles. The Balaban J connectivity index is 1.73. The third-order valence-electron chi connectivity index (χ3n) is 4.17. The van der Waals surface area contributed by atoms with E-state index in [2.05, 4.69) is 36.5 Å². The summed E-state index contributed by atoms with van der Waals surface area (Å²) in [4.78, 5) is 7.08. The van der Waals surface area contributed by atoms with E-state index in [0.29, 0.717) is 13.2 Å². The van der Waals surface area contributed by atoms with Crippen molar-refractivity contribution in [2.45, 2.75) is 0 Å². The van der Waals surface area contributed by atoms with Crippen molar-refractivity contribution in [2.75, 3.05) is 31.2 Å². The van der Waals surface area contributed by atoms with Crippen molar-refractivity contribution < 1.29 is 4.74 Å². The number of hydrogen-bond donors (Lipinski definition) is 1. The van der Waals surface area contributed by atoms with E-state index in [4.69, 9.17) is 9.72 Å². The summed E-state index contributed by atoms with van der Waals surface area (Å²) >= 11 is 1.50. The summed E-state index contributed by atoms with van der Waals surface area (Å²) in [5.74, 6) is 1.66. The van der Waals surface area contributed by atoms with Crippen molar-refractivity contribution in [3.8, 4) is 16.4 Å². The fraction of sp³-hybridized carbons (Fsp3) is 0.267. The second-order valence-electron chi connectivity index (χ2n) is 5.61. The molecule has 1 fully saturated rings. The highest BCUT2D eigenvalue weighted by atomic mass is 32.1. The molecule has 1 aliphatic heterocycles. The number of nitrogens with one attached hydrogen (secondary N) is 1. The molecule has 5 rings (SSSR count). The van der Waals surface area contributed by atoms with Gasteiger partial charge in [-0.05, 0) is 6.07 Å². The Bertz CT molecular complexity index is 988. The third-order valence-corrected chi connectivity index (χ3v) is 4.89. The van der Waals surface area contributed by atoms with Gasteiger partial charge in [-0.1, -0.05) is 11.3 Å². The van der Waals surface area contributed by atoms with E-state index < -0.39 is 0 Å². The van der Waals surface area contributed by atoms with Gasteiger partial charge in [0, 0.05) is 30.1 Å². The zero-order chi connectivity index (χ0) is 16.6. The van der Waals surface area contributed by atoms with Gasteiger partial charge in [-0.25, -0.2) is 4.98 Å². The molecule has 1 aliphatic rings. The van der Waals surface area contributed by atoms with Crippen molar-refractivity contribution in [2.24, 2.45) is 0 Å². The van der Waals surface area contributed by atoms with Crippen LogP contribution in [-0.4, -0.2) is 61.5 Å². The first-order valence-electron chi connectivity index (χ1n) is 7.88. The van der Waals surface area contributed by atoms with Gasteiger partial charge >= 0.3 is 0 Å².